The molecule has 0 aromatic heterocycles. The molecule has 1 unspecified atom stereocenters. The van der Waals surface area contributed by atoms with Crippen molar-refractivity contribution in [2.24, 2.45) is 11.7 Å². The Morgan fingerprint density at radius 1 is 1.39 bits per heavy atom. The second-order valence-corrected chi connectivity index (χ2v) is 4.26. The lowest BCUT2D eigenvalue weighted by atomic mass is 10.0. The number of carboxylic acids is 1. The average Bonchev–Trinajstić information content (AvgIpc) is 2.25. The number of rotatable bonds is 5. The number of nitrogens with two attached hydrogens (primary N) is 1. The molecule has 5 nitrogen and oxygen atoms in total. The van der Waals surface area contributed by atoms with E-state index in [0.29, 0.717) is 0 Å². The maximum Gasteiger partial charge on any atom is 0.326 e. The summed E-state index contributed by atoms with van der Waals surface area (Å²) in [5.74, 6) is -2.67. The maximum absolute atomic E-state index is 13.0. The third kappa shape index (κ3) is 3.19. The van der Waals surface area contributed by atoms with Crippen LogP contribution < -0.4 is 11.1 Å². The van der Waals surface area contributed by atoms with E-state index >= 15 is 0 Å². The quantitative estimate of drug-likeness (QED) is 0.741. The number of halogens is 1. The summed E-state index contributed by atoms with van der Waals surface area (Å²) in [5, 5.41) is 11.7. The predicted octanol–water partition coefficient (Wildman–Crippen LogP) is 1.45. The van der Waals surface area contributed by atoms with Crippen LogP contribution in [0.3, 0.4) is 0 Å². The van der Waals surface area contributed by atoms with Gasteiger partial charge in [-0.1, -0.05) is 13.8 Å². The molecule has 0 aliphatic carbocycles. The molecule has 0 aliphatic rings. The Balaban J connectivity index is 3.10. The molecule has 98 valence electrons. The zero-order valence-electron chi connectivity index (χ0n) is 10.1. The number of nitrogens with one attached hydrogen (secondary N) is 1. The van der Waals surface area contributed by atoms with Crippen molar-refractivity contribution in [1.29, 1.82) is 0 Å². The number of carbonyl (C=O) groups is 2. The number of amides is 1. The third-order valence-corrected chi connectivity index (χ3v) is 2.49. The summed E-state index contributed by atoms with van der Waals surface area (Å²) in [6.07, 6.45) is 0. The first kappa shape index (κ1) is 14.0. The van der Waals surface area contributed by atoms with Crippen molar-refractivity contribution in [3.05, 3.63) is 29.6 Å². The highest BCUT2D eigenvalue weighted by molar-refractivity contribution is 5.99. The van der Waals surface area contributed by atoms with Crippen LogP contribution in [0.4, 0.5) is 10.1 Å². The molecule has 1 aromatic carbocycles. The summed E-state index contributed by atoms with van der Waals surface area (Å²) in [7, 11) is 0. The SMILES string of the molecule is CC(C)C(Nc1ccc(F)cc1C(N)=O)C(=O)O. The van der Waals surface area contributed by atoms with Crippen LogP contribution >= 0.6 is 0 Å². The van der Waals surface area contributed by atoms with Crippen LogP contribution in [0.5, 0.6) is 0 Å². The Morgan fingerprint density at radius 3 is 2.44 bits per heavy atom. The summed E-state index contributed by atoms with van der Waals surface area (Å²) in [6, 6.07) is 2.53. The molecule has 18 heavy (non-hydrogen) atoms. The summed E-state index contributed by atoms with van der Waals surface area (Å²) < 4.78 is 13.0. The van der Waals surface area contributed by atoms with E-state index in [2.05, 4.69) is 5.32 Å². The summed E-state index contributed by atoms with van der Waals surface area (Å²) >= 11 is 0. The van der Waals surface area contributed by atoms with Gasteiger partial charge in [0.1, 0.15) is 11.9 Å². The van der Waals surface area contributed by atoms with E-state index in [1.165, 1.54) is 6.07 Å². The van der Waals surface area contributed by atoms with E-state index in [0.717, 1.165) is 12.1 Å². The minimum Gasteiger partial charge on any atom is -0.480 e. The zero-order chi connectivity index (χ0) is 13.9. The monoisotopic (exact) mass is 254 g/mol. The summed E-state index contributed by atoms with van der Waals surface area (Å²) in [5.41, 5.74) is 5.26. The van der Waals surface area contributed by atoms with Crippen LogP contribution in [0.2, 0.25) is 0 Å². The molecule has 0 fully saturated rings. The van der Waals surface area contributed by atoms with Gasteiger partial charge >= 0.3 is 5.97 Å². The second kappa shape index (κ2) is 5.48. The van der Waals surface area contributed by atoms with Crippen LogP contribution in [0.25, 0.3) is 0 Å². The highest BCUT2D eigenvalue weighted by atomic mass is 19.1. The van der Waals surface area contributed by atoms with E-state index in [1.54, 1.807) is 13.8 Å². The molecule has 0 aliphatic heterocycles. The third-order valence-electron chi connectivity index (χ3n) is 2.49. The number of primary amides is 1. The van der Waals surface area contributed by atoms with Gasteiger partial charge in [0.25, 0.3) is 5.91 Å². The summed E-state index contributed by atoms with van der Waals surface area (Å²) in [6.45, 7) is 3.44. The number of benzene rings is 1. The van der Waals surface area contributed by atoms with Crippen LogP contribution in [-0.4, -0.2) is 23.0 Å². The van der Waals surface area contributed by atoms with Gasteiger partial charge in [-0.2, -0.15) is 0 Å². The van der Waals surface area contributed by atoms with E-state index < -0.39 is 23.7 Å². The topological polar surface area (TPSA) is 92.4 Å². The molecule has 1 amide bonds. The normalized spacial score (nSPS) is 12.2. The molecule has 1 aromatic rings. The first-order chi connectivity index (χ1) is 8.32. The van der Waals surface area contributed by atoms with Crippen LogP contribution in [-0.2, 0) is 4.79 Å². The summed E-state index contributed by atoms with van der Waals surface area (Å²) in [4.78, 5) is 22.2. The van der Waals surface area contributed by atoms with Gasteiger partial charge in [-0.25, -0.2) is 9.18 Å². The number of carboxylic acid groups (broad SMARTS) is 1. The number of hydrogen-bond donors (Lipinski definition) is 3. The minimum atomic E-state index is -1.05. The number of carbonyl (C=O) groups excluding carboxylic acids is 1. The Kier molecular flexibility index (Phi) is 4.25. The second-order valence-electron chi connectivity index (χ2n) is 4.26. The van der Waals surface area contributed by atoms with E-state index in [1.807, 2.05) is 0 Å². The highest BCUT2D eigenvalue weighted by Crippen LogP contribution is 2.19. The van der Waals surface area contributed by atoms with Gasteiger partial charge in [0.15, 0.2) is 0 Å². The van der Waals surface area contributed by atoms with Crippen molar-refractivity contribution in [2.45, 2.75) is 19.9 Å². The molecule has 4 N–H and O–H groups in total. The van der Waals surface area contributed by atoms with Crippen molar-refractivity contribution in [3.63, 3.8) is 0 Å². The van der Waals surface area contributed by atoms with Crippen LogP contribution in [0.1, 0.15) is 24.2 Å². The largest absolute Gasteiger partial charge is 0.480 e. The van der Waals surface area contributed by atoms with E-state index in [9.17, 15) is 14.0 Å². The van der Waals surface area contributed by atoms with Gasteiger partial charge in [-0.3, -0.25) is 4.79 Å². The molecule has 0 spiro atoms. The van der Waals surface area contributed by atoms with Gasteiger partial charge in [0.05, 0.1) is 5.56 Å². The van der Waals surface area contributed by atoms with Gasteiger partial charge < -0.3 is 16.2 Å². The standard InChI is InChI=1S/C12H15FN2O3/c1-6(2)10(12(17)18)15-9-4-3-7(13)5-8(9)11(14)16/h3-6,10,15H,1-2H3,(H2,14,16)(H,17,18). The van der Waals surface area contributed by atoms with Crippen molar-refractivity contribution in [3.8, 4) is 0 Å². The smallest absolute Gasteiger partial charge is 0.326 e. The molecule has 1 rings (SSSR count). The first-order valence-electron chi connectivity index (χ1n) is 5.41. The molecular weight excluding hydrogens is 239 g/mol. The molecule has 6 heteroatoms. The lowest BCUT2D eigenvalue weighted by molar-refractivity contribution is -0.138. The molecule has 0 radical (unpaired) electrons. The van der Waals surface area contributed by atoms with Gasteiger partial charge in [0, 0.05) is 5.69 Å². The lowest BCUT2D eigenvalue weighted by Gasteiger charge is -2.20. The number of hydrogen-bond acceptors (Lipinski definition) is 3. The number of anilines is 1. The Labute approximate surface area is 104 Å². The maximum atomic E-state index is 13.0. The minimum absolute atomic E-state index is 0.0677. The first-order valence-corrected chi connectivity index (χ1v) is 5.41. The van der Waals surface area contributed by atoms with Crippen molar-refractivity contribution >= 4 is 17.6 Å². The van der Waals surface area contributed by atoms with Crippen LogP contribution in [0, 0.1) is 11.7 Å². The van der Waals surface area contributed by atoms with Crippen molar-refractivity contribution < 1.29 is 19.1 Å². The predicted molar refractivity (Wildman–Crippen MR) is 64.8 cm³/mol. The molecule has 0 saturated heterocycles. The van der Waals surface area contributed by atoms with E-state index in [-0.39, 0.29) is 17.2 Å². The Hall–Kier alpha value is -2.11. The number of aliphatic carboxylic acids is 1. The Morgan fingerprint density at radius 2 is 2.00 bits per heavy atom. The molecule has 0 heterocycles. The lowest BCUT2D eigenvalue weighted by Crippen LogP contribution is -2.35. The van der Waals surface area contributed by atoms with Gasteiger partial charge in [-0.15, -0.1) is 0 Å². The molecule has 0 bridgehead atoms. The van der Waals surface area contributed by atoms with Crippen molar-refractivity contribution in [2.75, 3.05) is 5.32 Å². The van der Waals surface area contributed by atoms with Crippen LogP contribution in [0.15, 0.2) is 18.2 Å². The van der Waals surface area contributed by atoms with E-state index in [4.69, 9.17) is 10.8 Å². The van der Waals surface area contributed by atoms with Crippen molar-refractivity contribution in [1.82, 2.24) is 0 Å². The fraction of sp³-hybridized carbons (Fsp3) is 0.333. The fourth-order valence-corrected chi connectivity index (χ4v) is 1.53. The average molecular weight is 254 g/mol. The molecular formula is C12H15FN2O3. The molecule has 0 saturated carbocycles. The van der Waals surface area contributed by atoms with Gasteiger partial charge in [-0.05, 0) is 24.1 Å². The molecule has 1 atom stereocenters. The zero-order valence-corrected chi connectivity index (χ0v) is 10.1. The highest BCUT2D eigenvalue weighted by Gasteiger charge is 2.23. The van der Waals surface area contributed by atoms with Gasteiger partial charge in [0.2, 0.25) is 0 Å². The Bertz CT molecular complexity index is 474. The fourth-order valence-electron chi connectivity index (χ4n) is 1.53.